The van der Waals surface area contributed by atoms with E-state index < -0.39 is 0 Å². The summed E-state index contributed by atoms with van der Waals surface area (Å²) in [6.45, 7) is 4.08. The third kappa shape index (κ3) is 4.71. The summed E-state index contributed by atoms with van der Waals surface area (Å²) in [4.78, 5) is 15.0. The molecule has 4 rings (SSSR count). The minimum absolute atomic E-state index is 0.127. The molecule has 2 aromatic rings. The summed E-state index contributed by atoms with van der Waals surface area (Å²) in [6, 6.07) is 17.3. The van der Waals surface area contributed by atoms with Crippen molar-refractivity contribution >= 4 is 5.91 Å². The van der Waals surface area contributed by atoms with Gasteiger partial charge in [0, 0.05) is 19.0 Å². The maximum absolute atomic E-state index is 12.5. The first-order valence-corrected chi connectivity index (χ1v) is 10.6. The molecular weight excluding hydrogens is 344 g/mol. The fraction of sp³-hybridized carbons (Fsp3) is 0.400. The van der Waals surface area contributed by atoms with Crippen LogP contribution in [0.5, 0.6) is 0 Å². The summed E-state index contributed by atoms with van der Waals surface area (Å²) in [6.07, 6.45) is 9.80. The summed E-state index contributed by atoms with van der Waals surface area (Å²) in [5, 5.41) is 3.16. The van der Waals surface area contributed by atoms with Crippen LogP contribution in [0.25, 0.3) is 11.1 Å². The van der Waals surface area contributed by atoms with Crippen molar-refractivity contribution in [2.45, 2.75) is 45.2 Å². The van der Waals surface area contributed by atoms with Gasteiger partial charge in [-0.2, -0.15) is 0 Å². The maximum Gasteiger partial charge on any atom is 0.223 e. The van der Waals surface area contributed by atoms with Crippen molar-refractivity contribution in [1.29, 1.82) is 0 Å². The normalized spacial score (nSPS) is 19.6. The highest BCUT2D eigenvalue weighted by Crippen LogP contribution is 2.25. The molecule has 146 valence electrons. The Labute approximate surface area is 168 Å². The van der Waals surface area contributed by atoms with Crippen molar-refractivity contribution in [3.8, 4) is 11.1 Å². The number of likely N-dealkylation sites (tertiary alicyclic amines) is 1. The van der Waals surface area contributed by atoms with Gasteiger partial charge in [0.05, 0.1) is 0 Å². The highest BCUT2D eigenvalue weighted by molar-refractivity contribution is 5.79. The van der Waals surface area contributed by atoms with Crippen molar-refractivity contribution in [3.63, 3.8) is 0 Å². The standard InChI is InChI=1S/C25H30N2O/c28-25(22-8-2-1-3-9-22)26-18-23-10-4-5-11-24(23)21-14-12-20(13-15-21)19-27-16-6-7-17-27/h1-2,4-5,10-15,22H,3,6-9,16-19H2,(H,26,28). The first-order valence-electron chi connectivity index (χ1n) is 10.6. The molecule has 3 heteroatoms. The van der Waals surface area contributed by atoms with E-state index in [9.17, 15) is 4.79 Å². The lowest BCUT2D eigenvalue weighted by Crippen LogP contribution is -2.30. The lowest BCUT2D eigenvalue weighted by molar-refractivity contribution is -0.125. The van der Waals surface area contributed by atoms with Crippen LogP contribution >= 0.6 is 0 Å². The Balaban J connectivity index is 1.42. The van der Waals surface area contributed by atoms with E-state index >= 15 is 0 Å². The van der Waals surface area contributed by atoms with Crippen molar-refractivity contribution in [2.75, 3.05) is 13.1 Å². The van der Waals surface area contributed by atoms with E-state index in [0.29, 0.717) is 6.54 Å². The first kappa shape index (κ1) is 18.9. The van der Waals surface area contributed by atoms with E-state index in [0.717, 1.165) is 25.8 Å². The van der Waals surface area contributed by atoms with Gasteiger partial charge in [0.15, 0.2) is 0 Å². The van der Waals surface area contributed by atoms with E-state index in [-0.39, 0.29) is 11.8 Å². The topological polar surface area (TPSA) is 32.3 Å². The second kappa shape index (κ2) is 9.20. The zero-order valence-electron chi connectivity index (χ0n) is 16.6. The van der Waals surface area contributed by atoms with Gasteiger partial charge in [-0.3, -0.25) is 9.69 Å². The first-order chi connectivity index (χ1) is 13.8. The summed E-state index contributed by atoms with van der Waals surface area (Å²) in [5.74, 6) is 0.308. The monoisotopic (exact) mass is 374 g/mol. The quantitative estimate of drug-likeness (QED) is 0.728. The molecule has 1 atom stereocenters. The molecule has 0 spiro atoms. The van der Waals surface area contributed by atoms with Crippen LogP contribution in [0.2, 0.25) is 0 Å². The van der Waals surface area contributed by atoms with Gasteiger partial charge in [-0.25, -0.2) is 0 Å². The van der Waals surface area contributed by atoms with E-state index in [1.54, 1.807) is 0 Å². The smallest absolute Gasteiger partial charge is 0.223 e. The van der Waals surface area contributed by atoms with Gasteiger partial charge in [0.25, 0.3) is 0 Å². The summed E-state index contributed by atoms with van der Waals surface area (Å²) < 4.78 is 0. The number of carbonyl (C=O) groups is 1. The van der Waals surface area contributed by atoms with E-state index in [2.05, 4.69) is 70.9 Å². The Kier molecular flexibility index (Phi) is 6.23. The van der Waals surface area contributed by atoms with Gasteiger partial charge < -0.3 is 5.32 Å². The van der Waals surface area contributed by atoms with Gasteiger partial charge in [-0.15, -0.1) is 0 Å². The van der Waals surface area contributed by atoms with Crippen LogP contribution in [0.3, 0.4) is 0 Å². The summed E-state index contributed by atoms with van der Waals surface area (Å²) in [7, 11) is 0. The molecule has 2 aromatic carbocycles. The van der Waals surface area contributed by atoms with E-state index in [1.807, 2.05) is 0 Å². The largest absolute Gasteiger partial charge is 0.352 e. The van der Waals surface area contributed by atoms with Crippen molar-refractivity contribution in [2.24, 2.45) is 5.92 Å². The molecule has 1 aliphatic heterocycles. The Morgan fingerprint density at radius 1 is 1.00 bits per heavy atom. The second-order valence-corrected chi connectivity index (χ2v) is 8.04. The van der Waals surface area contributed by atoms with Gasteiger partial charge in [0.1, 0.15) is 0 Å². The predicted molar refractivity (Wildman–Crippen MR) is 115 cm³/mol. The number of amides is 1. The Morgan fingerprint density at radius 3 is 2.54 bits per heavy atom. The lowest BCUT2D eigenvalue weighted by atomic mass is 9.93. The van der Waals surface area contributed by atoms with Gasteiger partial charge in [-0.1, -0.05) is 60.7 Å². The number of carbonyl (C=O) groups excluding carboxylic acids is 1. The van der Waals surface area contributed by atoms with Gasteiger partial charge in [0.2, 0.25) is 5.91 Å². The minimum Gasteiger partial charge on any atom is -0.352 e. The maximum atomic E-state index is 12.5. The molecule has 1 aliphatic carbocycles. The molecule has 0 radical (unpaired) electrons. The fourth-order valence-corrected chi connectivity index (χ4v) is 4.30. The summed E-state index contributed by atoms with van der Waals surface area (Å²) in [5.41, 5.74) is 4.98. The average molecular weight is 375 g/mol. The molecule has 0 bridgehead atoms. The number of benzene rings is 2. The van der Waals surface area contributed by atoms with Crippen LogP contribution in [-0.4, -0.2) is 23.9 Å². The molecule has 2 aliphatic rings. The third-order valence-corrected chi connectivity index (χ3v) is 5.98. The van der Waals surface area contributed by atoms with Crippen LogP contribution < -0.4 is 5.32 Å². The van der Waals surface area contributed by atoms with Gasteiger partial charge >= 0.3 is 0 Å². The van der Waals surface area contributed by atoms with E-state index in [4.69, 9.17) is 0 Å². The molecule has 1 N–H and O–H groups in total. The summed E-state index contributed by atoms with van der Waals surface area (Å²) >= 11 is 0. The number of allylic oxidation sites excluding steroid dienone is 2. The Morgan fingerprint density at radius 2 is 1.79 bits per heavy atom. The average Bonchev–Trinajstić information content (AvgIpc) is 3.26. The second-order valence-electron chi connectivity index (χ2n) is 8.04. The number of rotatable bonds is 6. The van der Waals surface area contributed by atoms with Crippen LogP contribution in [0.1, 0.15) is 43.2 Å². The number of nitrogens with zero attached hydrogens (tertiary/aromatic N) is 1. The number of nitrogens with one attached hydrogen (secondary N) is 1. The molecule has 28 heavy (non-hydrogen) atoms. The molecule has 1 heterocycles. The predicted octanol–water partition coefficient (Wildman–Crippen LogP) is 4.92. The molecule has 1 saturated heterocycles. The molecule has 0 saturated carbocycles. The van der Waals surface area contributed by atoms with Crippen LogP contribution in [0.4, 0.5) is 0 Å². The SMILES string of the molecule is O=C(NCc1ccccc1-c1ccc(CN2CCCC2)cc1)C1CC=CCC1. The van der Waals surface area contributed by atoms with Crippen LogP contribution in [0, 0.1) is 5.92 Å². The Hall–Kier alpha value is -2.39. The van der Waals surface area contributed by atoms with Crippen LogP contribution in [0.15, 0.2) is 60.7 Å². The molecular formula is C25H30N2O. The lowest BCUT2D eigenvalue weighted by Gasteiger charge is -2.18. The fourth-order valence-electron chi connectivity index (χ4n) is 4.30. The molecule has 0 aromatic heterocycles. The zero-order valence-corrected chi connectivity index (χ0v) is 16.6. The number of hydrogen-bond donors (Lipinski definition) is 1. The van der Waals surface area contributed by atoms with Crippen molar-refractivity contribution in [3.05, 3.63) is 71.8 Å². The van der Waals surface area contributed by atoms with Gasteiger partial charge in [-0.05, 0) is 67.4 Å². The third-order valence-electron chi connectivity index (χ3n) is 5.98. The highest BCUT2D eigenvalue weighted by Gasteiger charge is 2.18. The van der Waals surface area contributed by atoms with E-state index in [1.165, 1.54) is 48.2 Å². The van der Waals surface area contributed by atoms with Crippen molar-refractivity contribution in [1.82, 2.24) is 10.2 Å². The zero-order chi connectivity index (χ0) is 19.2. The Bertz CT molecular complexity index is 819. The molecule has 1 fully saturated rings. The molecule has 3 nitrogen and oxygen atoms in total. The minimum atomic E-state index is 0.127. The molecule has 1 amide bonds. The number of hydrogen-bond acceptors (Lipinski definition) is 2. The van der Waals surface area contributed by atoms with Crippen LogP contribution in [-0.2, 0) is 17.9 Å². The molecule has 1 unspecified atom stereocenters. The highest BCUT2D eigenvalue weighted by atomic mass is 16.1. The van der Waals surface area contributed by atoms with Crippen molar-refractivity contribution < 1.29 is 4.79 Å².